The van der Waals surface area contributed by atoms with E-state index >= 15 is 0 Å². The maximum Gasteiger partial charge on any atom is 0.410 e. The van der Waals surface area contributed by atoms with Crippen LogP contribution in [0.25, 0.3) is 0 Å². The second-order valence-electron chi connectivity index (χ2n) is 7.22. The van der Waals surface area contributed by atoms with Crippen LogP contribution in [0.2, 0.25) is 0 Å². The Labute approximate surface area is 150 Å². The molecule has 0 bridgehead atoms. The van der Waals surface area contributed by atoms with Crippen LogP contribution in [-0.2, 0) is 33.8 Å². The van der Waals surface area contributed by atoms with Gasteiger partial charge in [0.15, 0.2) is 0 Å². The van der Waals surface area contributed by atoms with Gasteiger partial charge in [0.1, 0.15) is 5.60 Å². The highest BCUT2D eigenvalue weighted by atomic mass is 16.6. The van der Waals surface area contributed by atoms with E-state index in [1.807, 2.05) is 20.8 Å². The predicted molar refractivity (Wildman–Crippen MR) is 96.3 cm³/mol. The van der Waals surface area contributed by atoms with E-state index in [1.165, 1.54) is 16.7 Å². The average molecular weight is 350 g/mol. The van der Waals surface area contributed by atoms with E-state index < -0.39 is 5.60 Å². The van der Waals surface area contributed by atoms with Gasteiger partial charge in [-0.05, 0) is 37.5 Å². The van der Waals surface area contributed by atoms with Crippen molar-refractivity contribution in [2.45, 2.75) is 46.0 Å². The molecule has 6 heteroatoms. The zero-order valence-electron chi connectivity index (χ0n) is 15.8. The highest BCUT2D eigenvalue weighted by molar-refractivity contribution is 5.69. The van der Waals surface area contributed by atoms with E-state index in [2.05, 4.69) is 23.5 Å². The summed E-state index contributed by atoms with van der Waals surface area (Å²) in [7, 11) is 1.67. The fourth-order valence-electron chi connectivity index (χ4n) is 2.63. The molecule has 1 amide bonds. The van der Waals surface area contributed by atoms with Gasteiger partial charge in [0, 0.05) is 33.3 Å². The molecular formula is C19H30N2O4. The van der Waals surface area contributed by atoms with Gasteiger partial charge in [0.05, 0.1) is 19.8 Å². The first-order valence-electron chi connectivity index (χ1n) is 8.75. The molecule has 1 aliphatic rings. The van der Waals surface area contributed by atoms with Gasteiger partial charge in [0.25, 0.3) is 0 Å². The number of carbonyl (C=O) groups excluding carboxylic acids is 1. The lowest BCUT2D eigenvalue weighted by atomic mass is 10.1. The summed E-state index contributed by atoms with van der Waals surface area (Å²) in [6, 6.07) is 6.38. The van der Waals surface area contributed by atoms with Crippen molar-refractivity contribution in [1.29, 1.82) is 0 Å². The minimum atomic E-state index is -0.466. The van der Waals surface area contributed by atoms with Crippen LogP contribution in [-0.4, -0.2) is 50.1 Å². The van der Waals surface area contributed by atoms with E-state index in [0.717, 1.165) is 13.1 Å². The fourth-order valence-corrected chi connectivity index (χ4v) is 2.63. The smallest absolute Gasteiger partial charge is 0.410 e. The third kappa shape index (κ3) is 6.65. The number of hydrogen-bond donors (Lipinski definition) is 1. The molecule has 140 valence electrons. The van der Waals surface area contributed by atoms with Crippen molar-refractivity contribution in [3.05, 3.63) is 34.9 Å². The Balaban J connectivity index is 1.77. The molecule has 1 N–H and O–H groups in total. The Kier molecular flexibility index (Phi) is 7.23. The van der Waals surface area contributed by atoms with Crippen LogP contribution < -0.4 is 5.32 Å². The number of rotatable bonds is 8. The van der Waals surface area contributed by atoms with Crippen LogP contribution in [0, 0.1) is 0 Å². The van der Waals surface area contributed by atoms with Crippen molar-refractivity contribution in [3.8, 4) is 0 Å². The van der Waals surface area contributed by atoms with E-state index in [9.17, 15) is 4.79 Å². The first kappa shape index (κ1) is 19.7. The number of fused-ring (bicyclic) bond motifs is 1. The SMILES string of the molecule is COCCOCCNCc1ccc2c(c1)CN(C(=O)OC(C)(C)C)C2. The van der Waals surface area contributed by atoms with E-state index in [0.29, 0.717) is 32.9 Å². The van der Waals surface area contributed by atoms with Crippen LogP contribution in [0.1, 0.15) is 37.5 Å². The summed E-state index contributed by atoms with van der Waals surface area (Å²) < 4.78 is 15.8. The Morgan fingerprint density at radius 1 is 1.16 bits per heavy atom. The van der Waals surface area contributed by atoms with Crippen LogP contribution in [0.4, 0.5) is 4.79 Å². The number of nitrogens with one attached hydrogen (secondary N) is 1. The normalized spacial score (nSPS) is 13.8. The third-order valence-corrected chi connectivity index (χ3v) is 3.83. The topological polar surface area (TPSA) is 60.0 Å². The number of hydrogen-bond acceptors (Lipinski definition) is 5. The summed E-state index contributed by atoms with van der Waals surface area (Å²) in [5.74, 6) is 0. The molecule has 1 aromatic rings. The van der Waals surface area contributed by atoms with Crippen molar-refractivity contribution in [1.82, 2.24) is 10.2 Å². The zero-order valence-corrected chi connectivity index (χ0v) is 15.8. The number of carbonyl (C=O) groups is 1. The Bertz CT molecular complexity index is 569. The Morgan fingerprint density at radius 3 is 2.64 bits per heavy atom. The average Bonchev–Trinajstić information content (AvgIpc) is 2.96. The molecule has 0 unspecified atom stereocenters. The predicted octanol–water partition coefficient (Wildman–Crippen LogP) is 2.69. The lowest BCUT2D eigenvalue weighted by molar-refractivity contribution is 0.0242. The highest BCUT2D eigenvalue weighted by Crippen LogP contribution is 2.25. The molecule has 0 radical (unpaired) electrons. The van der Waals surface area contributed by atoms with Crippen molar-refractivity contribution in [2.24, 2.45) is 0 Å². The first-order valence-corrected chi connectivity index (χ1v) is 8.75. The van der Waals surface area contributed by atoms with Crippen molar-refractivity contribution in [3.63, 3.8) is 0 Å². The lowest BCUT2D eigenvalue weighted by Gasteiger charge is -2.24. The van der Waals surface area contributed by atoms with E-state index in [-0.39, 0.29) is 6.09 Å². The molecule has 0 saturated carbocycles. The van der Waals surface area contributed by atoms with E-state index in [4.69, 9.17) is 14.2 Å². The van der Waals surface area contributed by atoms with Gasteiger partial charge in [-0.1, -0.05) is 18.2 Å². The summed E-state index contributed by atoms with van der Waals surface area (Å²) in [6.45, 7) is 10.4. The van der Waals surface area contributed by atoms with Gasteiger partial charge in [-0.3, -0.25) is 4.90 Å². The number of amides is 1. The maximum absolute atomic E-state index is 12.2. The fraction of sp³-hybridized carbons (Fsp3) is 0.632. The number of benzene rings is 1. The summed E-state index contributed by atoms with van der Waals surface area (Å²) >= 11 is 0. The molecule has 0 saturated heterocycles. The third-order valence-electron chi connectivity index (χ3n) is 3.83. The highest BCUT2D eigenvalue weighted by Gasteiger charge is 2.27. The largest absolute Gasteiger partial charge is 0.444 e. The second-order valence-corrected chi connectivity index (χ2v) is 7.22. The molecule has 0 aliphatic carbocycles. The maximum atomic E-state index is 12.2. The molecule has 2 rings (SSSR count). The Hall–Kier alpha value is -1.63. The molecule has 1 aliphatic heterocycles. The molecule has 1 heterocycles. The molecule has 6 nitrogen and oxygen atoms in total. The van der Waals surface area contributed by atoms with Crippen molar-refractivity contribution < 1.29 is 19.0 Å². The first-order chi connectivity index (χ1) is 11.9. The van der Waals surface area contributed by atoms with Crippen LogP contribution in [0.5, 0.6) is 0 Å². The van der Waals surface area contributed by atoms with E-state index in [1.54, 1.807) is 12.0 Å². The minimum absolute atomic E-state index is 0.253. The van der Waals surface area contributed by atoms with Crippen LogP contribution in [0.15, 0.2) is 18.2 Å². The molecule has 0 spiro atoms. The summed E-state index contributed by atoms with van der Waals surface area (Å²) in [4.78, 5) is 13.9. The van der Waals surface area contributed by atoms with Crippen LogP contribution in [0.3, 0.4) is 0 Å². The van der Waals surface area contributed by atoms with Gasteiger partial charge >= 0.3 is 6.09 Å². The monoisotopic (exact) mass is 350 g/mol. The van der Waals surface area contributed by atoms with Gasteiger partial charge in [-0.25, -0.2) is 4.79 Å². The molecule has 0 aromatic heterocycles. The van der Waals surface area contributed by atoms with Crippen molar-refractivity contribution >= 4 is 6.09 Å². The Morgan fingerprint density at radius 2 is 1.92 bits per heavy atom. The standard InChI is InChI=1S/C19H30N2O4/c1-19(2,3)25-18(22)21-13-16-6-5-15(11-17(16)14-21)12-20-7-8-24-10-9-23-4/h5-6,11,20H,7-10,12-14H2,1-4H3. The number of ether oxygens (including phenoxy) is 3. The quantitative estimate of drug-likeness (QED) is 0.731. The molecule has 1 aromatic carbocycles. The molecule has 25 heavy (non-hydrogen) atoms. The molecule has 0 fully saturated rings. The minimum Gasteiger partial charge on any atom is -0.444 e. The summed E-state index contributed by atoms with van der Waals surface area (Å²) in [5.41, 5.74) is 3.13. The van der Waals surface area contributed by atoms with Gasteiger partial charge in [0.2, 0.25) is 0 Å². The number of nitrogens with zero attached hydrogens (tertiary/aromatic N) is 1. The van der Waals surface area contributed by atoms with Crippen molar-refractivity contribution in [2.75, 3.05) is 33.5 Å². The lowest BCUT2D eigenvalue weighted by Crippen LogP contribution is -2.33. The van der Waals surface area contributed by atoms with Gasteiger partial charge in [-0.2, -0.15) is 0 Å². The zero-order chi connectivity index (χ0) is 18.3. The van der Waals surface area contributed by atoms with Crippen LogP contribution >= 0.6 is 0 Å². The molecular weight excluding hydrogens is 320 g/mol. The van der Waals surface area contributed by atoms with Gasteiger partial charge in [-0.15, -0.1) is 0 Å². The number of methoxy groups -OCH3 is 1. The summed E-state index contributed by atoms with van der Waals surface area (Å²) in [5, 5.41) is 3.36. The van der Waals surface area contributed by atoms with Gasteiger partial charge < -0.3 is 19.5 Å². The summed E-state index contributed by atoms with van der Waals surface area (Å²) in [6.07, 6.45) is -0.253. The molecule has 0 atom stereocenters. The second kappa shape index (κ2) is 9.17.